The quantitative estimate of drug-likeness (QED) is 0.655. The van der Waals surface area contributed by atoms with E-state index in [0.717, 1.165) is 0 Å². The van der Waals surface area contributed by atoms with Gasteiger partial charge in [-0.2, -0.15) is 0 Å². The third kappa shape index (κ3) is 11.5. The van der Waals surface area contributed by atoms with Crippen molar-refractivity contribution in [3.8, 4) is 0 Å². The highest BCUT2D eigenvalue weighted by atomic mass is 16.5. The number of ether oxygens (including phenoxy) is 1. The molecule has 0 rings (SSSR count). The van der Waals surface area contributed by atoms with E-state index in [1.54, 1.807) is 0 Å². The Labute approximate surface area is 74.1 Å². The first kappa shape index (κ1) is 13.3. The van der Waals surface area contributed by atoms with Crippen molar-refractivity contribution in [1.82, 2.24) is 5.32 Å². The van der Waals surface area contributed by atoms with Gasteiger partial charge in [-0.05, 0) is 0 Å². The largest absolute Gasteiger partial charge is 0.469 e. The first-order valence-corrected chi connectivity index (χ1v) is 3.86. The number of amides is 1. The monoisotopic (exact) mass is 171 g/mol. The SMILES string of the molecule is C=COC(=C)CNC(C)=O.CC. The molecule has 3 nitrogen and oxygen atoms in total. The summed E-state index contributed by atoms with van der Waals surface area (Å²) in [7, 11) is 0. The number of carbonyl (C=O) groups excluding carboxylic acids is 1. The van der Waals surface area contributed by atoms with E-state index in [2.05, 4.69) is 18.5 Å². The molecule has 0 heterocycles. The molecule has 0 saturated carbocycles. The fourth-order valence-corrected chi connectivity index (χ4v) is 0.383. The van der Waals surface area contributed by atoms with Gasteiger partial charge in [-0.1, -0.05) is 27.0 Å². The predicted molar refractivity (Wildman–Crippen MR) is 50.5 cm³/mol. The van der Waals surface area contributed by atoms with E-state index in [1.165, 1.54) is 13.2 Å². The van der Waals surface area contributed by atoms with Crippen molar-refractivity contribution in [2.24, 2.45) is 0 Å². The molecule has 0 aromatic rings. The van der Waals surface area contributed by atoms with Crippen LogP contribution in [0.15, 0.2) is 25.2 Å². The zero-order valence-corrected chi connectivity index (χ0v) is 8.02. The Balaban J connectivity index is 0. The summed E-state index contributed by atoms with van der Waals surface area (Å²) in [4.78, 5) is 10.3. The molecule has 70 valence electrons. The highest BCUT2D eigenvalue weighted by Crippen LogP contribution is 1.89. The molecule has 0 radical (unpaired) electrons. The van der Waals surface area contributed by atoms with E-state index in [0.29, 0.717) is 12.3 Å². The lowest BCUT2D eigenvalue weighted by molar-refractivity contribution is -0.118. The van der Waals surface area contributed by atoms with Crippen LogP contribution in [0.4, 0.5) is 0 Å². The van der Waals surface area contributed by atoms with E-state index in [4.69, 9.17) is 4.74 Å². The second-order valence-electron chi connectivity index (χ2n) is 1.73. The van der Waals surface area contributed by atoms with E-state index >= 15 is 0 Å². The lowest BCUT2D eigenvalue weighted by atomic mass is 10.5. The Morgan fingerprint density at radius 2 is 2.08 bits per heavy atom. The third-order valence-corrected chi connectivity index (χ3v) is 0.785. The van der Waals surface area contributed by atoms with Gasteiger partial charge in [0.2, 0.25) is 5.91 Å². The normalized spacial score (nSPS) is 7.25. The summed E-state index contributed by atoms with van der Waals surface area (Å²) in [6.07, 6.45) is 1.27. The Kier molecular flexibility index (Phi) is 10.8. The minimum absolute atomic E-state index is 0.103. The van der Waals surface area contributed by atoms with Crippen LogP contribution in [0.25, 0.3) is 0 Å². The van der Waals surface area contributed by atoms with Crippen molar-refractivity contribution in [2.75, 3.05) is 6.54 Å². The molecule has 0 bridgehead atoms. The number of carbonyl (C=O) groups is 1. The van der Waals surface area contributed by atoms with Gasteiger partial charge in [-0.15, -0.1) is 0 Å². The maximum Gasteiger partial charge on any atom is 0.217 e. The van der Waals surface area contributed by atoms with Gasteiger partial charge in [0.1, 0.15) is 5.76 Å². The van der Waals surface area contributed by atoms with Crippen molar-refractivity contribution >= 4 is 5.91 Å². The molecule has 0 aliphatic carbocycles. The van der Waals surface area contributed by atoms with Crippen LogP contribution in [-0.4, -0.2) is 12.5 Å². The van der Waals surface area contributed by atoms with Crippen LogP contribution in [0.1, 0.15) is 20.8 Å². The number of hydrogen-bond donors (Lipinski definition) is 1. The van der Waals surface area contributed by atoms with Gasteiger partial charge in [0.15, 0.2) is 0 Å². The minimum Gasteiger partial charge on any atom is -0.469 e. The molecule has 0 aromatic heterocycles. The van der Waals surface area contributed by atoms with Gasteiger partial charge in [0, 0.05) is 6.92 Å². The van der Waals surface area contributed by atoms with E-state index < -0.39 is 0 Å². The summed E-state index contributed by atoms with van der Waals surface area (Å²) in [5.41, 5.74) is 0. The van der Waals surface area contributed by atoms with Crippen molar-refractivity contribution < 1.29 is 9.53 Å². The highest BCUT2D eigenvalue weighted by molar-refractivity contribution is 5.72. The molecule has 0 aliphatic rings. The van der Waals surface area contributed by atoms with Gasteiger partial charge in [0.05, 0.1) is 12.8 Å². The third-order valence-electron chi connectivity index (χ3n) is 0.785. The van der Waals surface area contributed by atoms with Gasteiger partial charge in [-0.25, -0.2) is 0 Å². The van der Waals surface area contributed by atoms with E-state index in [1.807, 2.05) is 13.8 Å². The number of rotatable bonds is 4. The molecule has 0 unspecified atom stereocenters. The van der Waals surface area contributed by atoms with Gasteiger partial charge in [-0.3, -0.25) is 4.79 Å². The van der Waals surface area contributed by atoms with Crippen LogP contribution in [0.3, 0.4) is 0 Å². The molecule has 0 fully saturated rings. The Hall–Kier alpha value is -1.25. The molecule has 0 aromatic carbocycles. The standard InChI is InChI=1S/C7H11NO2.C2H6/c1-4-10-6(2)5-8-7(3)9;1-2/h4H,1-2,5H2,3H3,(H,8,9);1-2H3. The fourth-order valence-electron chi connectivity index (χ4n) is 0.383. The average molecular weight is 171 g/mol. The topological polar surface area (TPSA) is 38.3 Å². The summed E-state index contributed by atoms with van der Waals surface area (Å²) in [5, 5.41) is 2.52. The van der Waals surface area contributed by atoms with Crippen LogP contribution in [0.2, 0.25) is 0 Å². The van der Waals surface area contributed by atoms with Crippen molar-refractivity contribution in [2.45, 2.75) is 20.8 Å². The first-order valence-electron chi connectivity index (χ1n) is 3.86. The smallest absolute Gasteiger partial charge is 0.217 e. The van der Waals surface area contributed by atoms with E-state index in [-0.39, 0.29) is 5.91 Å². The molecule has 0 spiro atoms. The Morgan fingerprint density at radius 1 is 1.58 bits per heavy atom. The van der Waals surface area contributed by atoms with Crippen molar-refractivity contribution in [3.63, 3.8) is 0 Å². The van der Waals surface area contributed by atoms with Gasteiger partial charge < -0.3 is 10.1 Å². The molecule has 12 heavy (non-hydrogen) atoms. The Morgan fingerprint density at radius 3 is 2.42 bits per heavy atom. The molecule has 1 N–H and O–H groups in total. The number of nitrogens with one attached hydrogen (secondary N) is 1. The Bertz CT molecular complexity index is 153. The second kappa shape index (κ2) is 9.75. The molecular formula is C9H17NO2. The zero-order valence-electron chi connectivity index (χ0n) is 8.02. The lowest BCUT2D eigenvalue weighted by Gasteiger charge is -2.03. The van der Waals surface area contributed by atoms with Crippen LogP contribution in [-0.2, 0) is 9.53 Å². The van der Waals surface area contributed by atoms with Gasteiger partial charge >= 0.3 is 0 Å². The first-order chi connectivity index (χ1) is 5.66. The molecule has 0 atom stereocenters. The summed E-state index contributed by atoms with van der Waals surface area (Å²) in [5.74, 6) is 0.374. The lowest BCUT2D eigenvalue weighted by Crippen LogP contribution is -2.22. The maximum atomic E-state index is 10.3. The summed E-state index contributed by atoms with van der Waals surface area (Å²) in [6, 6.07) is 0. The molecule has 3 heteroatoms. The zero-order chi connectivity index (χ0) is 9.98. The summed E-state index contributed by atoms with van der Waals surface area (Å²) in [6.45, 7) is 12.6. The van der Waals surface area contributed by atoms with Crippen molar-refractivity contribution in [1.29, 1.82) is 0 Å². The van der Waals surface area contributed by atoms with E-state index in [9.17, 15) is 4.79 Å². The highest BCUT2D eigenvalue weighted by Gasteiger charge is 1.92. The minimum atomic E-state index is -0.103. The van der Waals surface area contributed by atoms with Gasteiger partial charge in [0.25, 0.3) is 0 Å². The van der Waals surface area contributed by atoms with Crippen molar-refractivity contribution in [3.05, 3.63) is 25.2 Å². The fraction of sp³-hybridized carbons (Fsp3) is 0.444. The molecule has 0 aliphatic heterocycles. The van der Waals surface area contributed by atoms with Crippen LogP contribution < -0.4 is 5.32 Å². The predicted octanol–water partition coefficient (Wildman–Crippen LogP) is 1.82. The van der Waals surface area contributed by atoms with Crippen LogP contribution in [0, 0.1) is 0 Å². The molecule has 0 saturated heterocycles. The average Bonchev–Trinajstić information content (AvgIpc) is 2.05. The maximum absolute atomic E-state index is 10.3. The summed E-state index contributed by atoms with van der Waals surface area (Å²) >= 11 is 0. The molecule has 1 amide bonds. The van der Waals surface area contributed by atoms with Crippen LogP contribution >= 0.6 is 0 Å². The molecular weight excluding hydrogens is 154 g/mol. The summed E-state index contributed by atoms with van der Waals surface area (Å²) < 4.78 is 4.75. The second-order valence-corrected chi connectivity index (χ2v) is 1.73. The number of hydrogen-bond acceptors (Lipinski definition) is 2. The van der Waals surface area contributed by atoms with Crippen LogP contribution in [0.5, 0.6) is 0 Å².